The number of anilines is 1. The third-order valence-corrected chi connectivity index (χ3v) is 4.09. The molecule has 108 valence electrons. The number of rotatable bonds is 3. The summed E-state index contributed by atoms with van der Waals surface area (Å²) < 4.78 is 1.86. The topological polar surface area (TPSA) is 29.9 Å². The van der Waals surface area contributed by atoms with E-state index in [-0.39, 0.29) is 0 Å². The summed E-state index contributed by atoms with van der Waals surface area (Å²) in [6.45, 7) is 0.530. The molecule has 0 fully saturated rings. The number of benzene rings is 2. The van der Waals surface area contributed by atoms with Crippen molar-refractivity contribution in [2.45, 2.75) is 6.54 Å². The predicted molar refractivity (Wildman–Crippen MR) is 89.5 cm³/mol. The molecule has 0 saturated carbocycles. The standard InChI is InChI=1S/C15H12Cl3N3/c1-21-14-5-3-2-4-10(14)13(20-21)8-19-15-11(17)6-9(16)7-12(15)18/h2-7,19H,8H2,1H3. The van der Waals surface area contributed by atoms with Crippen molar-refractivity contribution in [3.05, 3.63) is 57.2 Å². The Morgan fingerprint density at radius 2 is 1.76 bits per heavy atom. The summed E-state index contributed by atoms with van der Waals surface area (Å²) >= 11 is 18.2. The maximum atomic E-state index is 6.17. The summed E-state index contributed by atoms with van der Waals surface area (Å²) in [6, 6.07) is 11.4. The first-order valence-corrected chi connectivity index (χ1v) is 7.48. The SMILES string of the molecule is Cn1nc(CNc2c(Cl)cc(Cl)cc2Cl)c2ccccc21. The molecule has 0 radical (unpaired) electrons. The van der Waals surface area contributed by atoms with Crippen LogP contribution in [-0.4, -0.2) is 9.78 Å². The lowest BCUT2D eigenvalue weighted by Gasteiger charge is -2.10. The van der Waals surface area contributed by atoms with E-state index in [0.29, 0.717) is 27.3 Å². The average molecular weight is 341 g/mol. The minimum atomic E-state index is 0.493. The molecule has 0 saturated heterocycles. The fourth-order valence-electron chi connectivity index (χ4n) is 2.30. The molecular weight excluding hydrogens is 329 g/mol. The minimum Gasteiger partial charge on any atom is -0.377 e. The number of para-hydroxylation sites is 1. The molecular formula is C15H12Cl3N3. The Kier molecular flexibility index (Phi) is 3.98. The predicted octanol–water partition coefficient (Wildman–Crippen LogP) is 5.15. The largest absolute Gasteiger partial charge is 0.377 e. The van der Waals surface area contributed by atoms with E-state index in [1.807, 2.05) is 36.0 Å². The molecule has 3 nitrogen and oxygen atoms in total. The summed E-state index contributed by atoms with van der Waals surface area (Å²) in [7, 11) is 1.92. The van der Waals surface area contributed by atoms with Gasteiger partial charge >= 0.3 is 0 Å². The molecule has 0 bridgehead atoms. The van der Waals surface area contributed by atoms with Crippen molar-refractivity contribution in [1.82, 2.24) is 9.78 Å². The number of hydrogen-bond donors (Lipinski definition) is 1. The first kappa shape index (κ1) is 14.5. The van der Waals surface area contributed by atoms with Crippen LogP contribution >= 0.6 is 34.8 Å². The summed E-state index contributed by atoms with van der Waals surface area (Å²) in [5.41, 5.74) is 2.69. The van der Waals surface area contributed by atoms with Crippen molar-refractivity contribution in [2.75, 3.05) is 5.32 Å². The van der Waals surface area contributed by atoms with E-state index in [1.54, 1.807) is 12.1 Å². The van der Waals surface area contributed by atoms with Gasteiger partial charge in [-0.25, -0.2) is 0 Å². The van der Waals surface area contributed by atoms with Crippen molar-refractivity contribution in [3.63, 3.8) is 0 Å². The van der Waals surface area contributed by atoms with Gasteiger partial charge in [0.15, 0.2) is 0 Å². The van der Waals surface area contributed by atoms with E-state index in [2.05, 4.69) is 10.4 Å². The average Bonchev–Trinajstić information content (AvgIpc) is 2.75. The van der Waals surface area contributed by atoms with Crippen LogP contribution in [0.15, 0.2) is 36.4 Å². The third kappa shape index (κ3) is 2.82. The van der Waals surface area contributed by atoms with Gasteiger partial charge in [-0.05, 0) is 18.2 Å². The Hall–Kier alpha value is -1.42. The Balaban J connectivity index is 1.91. The van der Waals surface area contributed by atoms with E-state index in [1.165, 1.54) is 0 Å². The first-order valence-electron chi connectivity index (χ1n) is 6.35. The normalized spacial score (nSPS) is 11.0. The summed E-state index contributed by atoms with van der Waals surface area (Å²) in [6.07, 6.45) is 0. The lowest BCUT2D eigenvalue weighted by molar-refractivity contribution is 0.771. The highest BCUT2D eigenvalue weighted by molar-refractivity contribution is 6.41. The minimum absolute atomic E-state index is 0.493. The molecule has 0 aliphatic rings. The maximum absolute atomic E-state index is 6.17. The Labute approximate surface area is 137 Å². The molecule has 2 aromatic carbocycles. The van der Waals surface area contributed by atoms with Crippen LogP contribution in [0.1, 0.15) is 5.69 Å². The van der Waals surface area contributed by atoms with E-state index >= 15 is 0 Å². The van der Waals surface area contributed by atoms with E-state index in [0.717, 1.165) is 16.6 Å². The molecule has 1 N–H and O–H groups in total. The molecule has 0 amide bonds. The second-order valence-corrected chi connectivity index (χ2v) is 5.94. The number of nitrogens with one attached hydrogen (secondary N) is 1. The van der Waals surface area contributed by atoms with Crippen molar-refractivity contribution < 1.29 is 0 Å². The quantitative estimate of drug-likeness (QED) is 0.715. The fraction of sp³-hybridized carbons (Fsp3) is 0.133. The van der Waals surface area contributed by atoms with Gasteiger partial charge < -0.3 is 5.32 Å². The molecule has 0 aliphatic heterocycles. The van der Waals surface area contributed by atoms with Crippen LogP contribution in [0.25, 0.3) is 10.9 Å². The highest BCUT2D eigenvalue weighted by Gasteiger charge is 2.11. The lowest BCUT2D eigenvalue weighted by atomic mass is 10.2. The molecule has 0 spiro atoms. The van der Waals surface area contributed by atoms with Crippen LogP contribution < -0.4 is 5.32 Å². The zero-order valence-corrected chi connectivity index (χ0v) is 13.5. The van der Waals surface area contributed by atoms with Gasteiger partial charge in [-0.2, -0.15) is 5.10 Å². The summed E-state index contributed by atoms with van der Waals surface area (Å²) in [4.78, 5) is 0. The van der Waals surface area contributed by atoms with E-state index in [9.17, 15) is 0 Å². The molecule has 0 unspecified atom stereocenters. The smallest absolute Gasteiger partial charge is 0.0894 e. The number of aromatic nitrogens is 2. The molecule has 0 aliphatic carbocycles. The number of nitrogens with zero attached hydrogens (tertiary/aromatic N) is 2. The number of aryl methyl sites for hydroxylation is 1. The molecule has 6 heteroatoms. The van der Waals surface area contributed by atoms with Gasteiger partial charge in [0.05, 0.1) is 33.5 Å². The molecule has 1 heterocycles. The van der Waals surface area contributed by atoms with Gasteiger partial charge in [-0.3, -0.25) is 4.68 Å². The van der Waals surface area contributed by atoms with Crippen LogP contribution in [0.4, 0.5) is 5.69 Å². The number of hydrogen-bond acceptors (Lipinski definition) is 2. The lowest BCUT2D eigenvalue weighted by Crippen LogP contribution is -2.02. The second-order valence-electron chi connectivity index (χ2n) is 4.69. The summed E-state index contributed by atoms with van der Waals surface area (Å²) in [5.74, 6) is 0. The van der Waals surface area contributed by atoms with Crippen LogP contribution in [0.2, 0.25) is 15.1 Å². The van der Waals surface area contributed by atoms with Gasteiger partial charge in [0.25, 0.3) is 0 Å². The van der Waals surface area contributed by atoms with E-state index < -0.39 is 0 Å². The molecule has 3 rings (SSSR count). The van der Waals surface area contributed by atoms with Crippen molar-refractivity contribution in [1.29, 1.82) is 0 Å². The van der Waals surface area contributed by atoms with Crippen molar-refractivity contribution >= 4 is 51.4 Å². The molecule has 0 atom stereocenters. The summed E-state index contributed by atoms with van der Waals surface area (Å²) in [5, 5.41) is 10.4. The van der Waals surface area contributed by atoms with Gasteiger partial charge in [-0.15, -0.1) is 0 Å². The molecule has 3 aromatic rings. The monoisotopic (exact) mass is 339 g/mol. The highest BCUT2D eigenvalue weighted by atomic mass is 35.5. The van der Waals surface area contributed by atoms with Crippen LogP contribution in [0.3, 0.4) is 0 Å². The number of fused-ring (bicyclic) bond motifs is 1. The van der Waals surface area contributed by atoms with Crippen molar-refractivity contribution in [3.8, 4) is 0 Å². The highest BCUT2D eigenvalue weighted by Crippen LogP contribution is 2.34. The Morgan fingerprint density at radius 1 is 1.10 bits per heavy atom. The maximum Gasteiger partial charge on any atom is 0.0894 e. The third-order valence-electron chi connectivity index (χ3n) is 3.27. The second kappa shape index (κ2) is 5.76. The van der Waals surface area contributed by atoms with Crippen LogP contribution in [0.5, 0.6) is 0 Å². The van der Waals surface area contributed by atoms with Crippen LogP contribution in [0, 0.1) is 0 Å². The molecule has 21 heavy (non-hydrogen) atoms. The zero-order chi connectivity index (χ0) is 15.0. The Bertz CT molecular complexity index is 788. The van der Waals surface area contributed by atoms with Gasteiger partial charge in [-0.1, -0.05) is 53.0 Å². The van der Waals surface area contributed by atoms with E-state index in [4.69, 9.17) is 34.8 Å². The Morgan fingerprint density at radius 3 is 2.48 bits per heavy atom. The van der Waals surface area contributed by atoms with Gasteiger partial charge in [0.2, 0.25) is 0 Å². The van der Waals surface area contributed by atoms with Gasteiger partial charge in [0.1, 0.15) is 0 Å². The fourth-order valence-corrected chi connectivity index (χ4v) is 3.25. The zero-order valence-electron chi connectivity index (χ0n) is 11.2. The van der Waals surface area contributed by atoms with Crippen molar-refractivity contribution in [2.24, 2.45) is 7.05 Å². The first-order chi connectivity index (χ1) is 10.1. The van der Waals surface area contributed by atoms with Gasteiger partial charge in [0, 0.05) is 17.5 Å². The number of halogens is 3. The molecule has 1 aromatic heterocycles. The van der Waals surface area contributed by atoms with Crippen LogP contribution in [-0.2, 0) is 13.6 Å².